The van der Waals surface area contributed by atoms with Crippen molar-refractivity contribution in [3.8, 4) is 17.2 Å². The van der Waals surface area contributed by atoms with Gasteiger partial charge in [0.05, 0.1) is 31.6 Å². The number of aromatic nitrogens is 1. The Morgan fingerprint density at radius 2 is 1.83 bits per heavy atom. The maximum absolute atomic E-state index is 13.7. The van der Waals surface area contributed by atoms with Crippen molar-refractivity contribution in [2.45, 2.75) is 31.9 Å². The molecular weight excluding hydrogens is 657 g/mol. The molecule has 1 saturated carbocycles. The minimum Gasteiger partial charge on any atom is -0.504 e. The maximum Gasteiger partial charge on any atom is 0.338 e. The third-order valence-electron chi connectivity index (χ3n) is 7.76. The smallest absolute Gasteiger partial charge is 0.338 e. The summed E-state index contributed by atoms with van der Waals surface area (Å²) in [6.07, 6.45) is 5.72. The molecule has 1 aromatic heterocycles. The topological polar surface area (TPSA) is 138 Å². The van der Waals surface area contributed by atoms with Crippen LogP contribution >= 0.6 is 23.2 Å². The number of sulfonamides is 1. The van der Waals surface area contributed by atoms with Crippen LogP contribution in [0.2, 0.25) is 10.0 Å². The summed E-state index contributed by atoms with van der Waals surface area (Å²) < 4.78 is 49.5. The van der Waals surface area contributed by atoms with Crippen LogP contribution < -0.4 is 19.2 Å². The number of carbonyl (C=O) groups excluding carboxylic acids is 1. The van der Waals surface area contributed by atoms with Gasteiger partial charge in [0.25, 0.3) is 0 Å². The van der Waals surface area contributed by atoms with Gasteiger partial charge in [-0.05, 0) is 48.6 Å². The van der Waals surface area contributed by atoms with Crippen molar-refractivity contribution in [2.75, 3.05) is 52.3 Å². The fourth-order valence-electron chi connectivity index (χ4n) is 4.90. The fourth-order valence-corrected chi connectivity index (χ4v) is 5.85. The Balaban J connectivity index is 1.39. The fraction of sp³-hybridized carbons (Fsp3) is 0.438. The number of hydrogen-bond acceptors (Lipinski definition) is 9. The predicted molar refractivity (Wildman–Crippen MR) is 172 cm³/mol. The molecule has 2 heterocycles. The Bertz CT molecular complexity index is 1610. The van der Waals surface area contributed by atoms with Gasteiger partial charge in [-0.25, -0.2) is 22.9 Å². The molecule has 1 unspecified atom stereocenters. The number of pyridine rings is 1. The number of ether oxygens (including phenoxy) is 4. The van der Waals surface area contributed by atoms with Gasteiger partial charge >= 0.3 is 5.97 Å². The van der Waals surface area contributed by atoms with Crippen LogP contribution in [-0.4, -0.2) is 76.7 Å². The Morgan fingerprint density at radius 1 is 1.09 bits per heavy atom. The molecule has 2 aromatic carbocycles. The van der Waals surface area contributed by atoms with Crippen LogP contribution in [0.5, 0.6) is 17.2 Å². The van der Waals surface area contributed by atoms with E-state index in [1.165, 1.54) is 6.07 Å². The molecule has 0 radical (unpaired) electrons. The van der Waals surface area contributed by atoms with Crippen molar-refractivity contribution in [3.63, 3.8) is 0 Å². The summed E-state index contributed by atoms with van der Waals surface area (Å²) in [7, 11) is -3.47. The molecule has 3 N–H and O–H groups in total. The Morgan fingerprint density at radius 3 is 2.52 bits per heavy atom. The molecule has 46 heavy (non-hydrogen) atoms. The summed E-state index contributed by atoms with van der Waals surface area (Å²) >= 11 is 12.9. The first-order chi connectivity index (χ1) is 22.1. The third-order valence-corrected chi connectivity index (χ3v) is 9.10. The number of H-pyrrole nitrogens is 1. The van der Waals surface area contributed by atoms with E-state index in [-0.39, 0.29) is 24.3 Å². The lowest BCUT2D eigenvalue weighted by molar-refractivity contribution is -0.377. The van der Waals surface area contributed by atoms with E-state index in [9.17, 15) is 18.3 Å². The predicted octanol–water partition coefficient (Wildman–Crippen LogP) is 4.20. The van der Waals surface area contributed by atoms with Gasteiger partial charge in [-0.1, -0.05) is 35.3 Å². The Labute approximate surface area is 278 Å². The number of carbonyl (C=O) groups is 1. The molecule has 3 aromatic rings. The van der Waals surface area contributed by atoms with E-state index in [0.29, 0.717) is 77.1 Å². The lowest BCUT2D eigenvalue weighted by Crippen LogP contribution is -2.38. The van der Waals surface area contributed by atoms with Crippen LogP contribution in [0.1, 0.15) is 46.0 Å². The molecule has 248 valence electrons. The van der Waals surface area contributed by atoms with Gasteiger partial charge in [0.15, 0.2) is 23.9 Å². The average molecular weight is 696 g/mol. The molecule has 1 atom stereocenters. The minimum absolute atomic E-state index is 0.0111. The van der Waals surface area contributed by atoms with Crippen molar-refractivity contribution in [1.82, 2.24) is 9.62 Å². The summed E-state index contributed by atoms with van der Waals surface area (Å²) in [6.45, 7) is 4.33. The van der Waals surface area contributed by atoms with E-state index < -0.39 is 22.1 Å². The average Bonchev–Trinajstić information content (AvgIpc) is 3.86. The van der Waals surface area contributed by atoms with Gasteiger partial charge in [0.1, 0.15) is 28.5 Å². The Kier molecular flexibility index (Phi) is 11.6. The molecule has 0 spiro atoms. The van der Waals surface area contributed by atoms with E-state index in [0.717, 1.165) is 32.2 Å². The molecule has 14 heteroatoms. The number of benzene rings is 2. The highest BCUT2D eigenvalue weighted by atomic mass is 35.5. The van der Waals surface area contributed by atoms with Gasteiger partial charge in [-0.2, -0.15) is 0 Å². The first kappa shape index (κ1) is 34.2. The zero-order valence-electron chi connectivity index (χ0n) is 25.5. The number of nitrogens with zero attached hydrogens (tertiary/aromatic N) is 1. The first-order valence-corrected chi connectivity index (χ1v) is 17.7. The van der Waals surface area contributed by atoms with E-state index in [4.69, 9.17) is 42.1 Å². The summed E-state index contributed by atoms with van der Waals surface area (Å²) in [4.78, 5) is 18.8. The molecule has 5 rings (SSSR count). The lowest BCUT2D eigenvalue weighted by atomic mass is 10.0. The van der Waals surface area contributed by atoms with E-state index in [1.807, 2.05) is 0 Å². The summed E-state index contributed by atoms with van der Waals surface area (Å²) in [6, 6.07) is 9.58. The van der Waals surface area contributed by atoms with Gasteiger partial charge in [0, 0.05) is 43.7 Å². The number of esters is 1. The summed E-state index contributed by atoms with van der Waals surface area (Å²) in [5.74, 6) is 0.463. The highest BCUT2D eigenvalue weighted by Gasteiger charge is 2.26. The number of phenols is 1. The minimum atomic E-state index is -3.47. The van der Waals surface area contributed by atoms with Gasteiger partial charge in [-0.3, -0.25) is 4.90 Å². The highest BCUT2D eigenvalue weighted by Crippen LogP contribution is 2.37. The number of morpholine rings is 1. The van der Waals surface area contributed by atoms with Crippen molar-refractivity contribution in [2.24, 2.45) is 5.92 Å². The van der Waals surface area contributed by atoms with Gasteiger partial charge in [0.2, 0.25) is 10.0 Å². The second-order valence-corrected chi connectivity index (χ2v) is 14.1. The second kappa shape index (κ2) is 15.6. The van der Waals surface area contributed by atoms with Crippen molar-refractivity contribution < 1.29 is 42.3 Å². The van der Waals surface area contributed by atoms with Crippen LogP contribution in [0.15, 0.2) is 48.8 Å². The highest BCUT2D eigenvalue weighted by molar-refractivity contribution is 7.88. The number of aromatic hydroxyl groups is 1. The summed E-state index contributed by atoms with van der Waals surface area (Å²) in [5.41, 5.74) is 1.92. The van der Waals surface area contributed by atoms with E-state index >= 15 is 0 Å². The molecule has 2 fully saturated rings. The van der Waals surface area contributed by atoms with E-state index in [2.05, 4.69) is 14.6 Å². The maximum atomic E-state index is 13.7. The van der Waals surface area contributed by atoms with Crippen LogP contribution in [0.25, 0.3) is 0 Å². The zero-order valence-corrected chi connectivity index (χ0v) is 27.8. The Hall–Kier alpha value is -3.13. The van der Waals surface area contributed by atoms with Crippen LogP contribution in [0.3, 0.4) is 0 Å². The summed E-state index contributed by atoms with van der Waals surface area (Å²) in [5, 5.41) is 11.2. The molecule has 1 aliphatic carbocycles. The molecule has 1 saturated heterocycles. The largest absolute Gasteiger partial charge is 0.504 e. The number of aromatic amines is 1. The van der Waals surface area contributed by atoms with Crippen molar-refractivity contribution in [3.05, 3.63) is 81.1 Å². The molecule has 11 nitrogen and oxygen atoms in total. The lowest BCUT2D eigenvalue weighted by Gasteiger charge is -2.26. The third kappa shape index (κ3) is 9.93. The number of phenolic OH excluding ortho intramolecular Hbond substituents is 1. The zero-order chi connectivity index (χ0) is 32.7. The van der Waals surface area contributed by atoms with Gasteiger partial charge < -0.3 is 24.1 Å². The standard InChI is InChI=1S/C32H37Cl2N3O8S/c1-46(40,41)36-17-24-5-4-23(15-29(24)43-13-10-37-8-11-42-12-9-37)32(39)45-30(16-25-26(33)18-35-19-27(25)34)22-6-7-28(38)31(14-22)44-20-21-2-3-21/h4-7,14-15,18-19,21,30,36,38H,2-3,8-13,16-17,20H2,1H3/p+1. The first-order valence-electron chi connectivity index (χ1n) is 15.1. The van der Waals surface area contributed by atoms with Crippen LogP contribution in [0, 0.1) is 5.92 Å². The molecular formula is C32H38Cl2N3O8S+. The molecule has 2 aliphatic rings. The molecule has 1 aliphatic heterocycles. The normalized spacial score (nSPS) is 16.2. The monoisotopic (exact) mass is 694 g/mol. The van der Waals surface area contributed by atoms with E-state index in [1.54, 1.807) is 42.7 Å². The molecule has 0 amide bonds. The van der Waals surface area contributed by atoms with Crippen LogP contribution in [-0.2, 0) is 32.5 Å². The number of halogens is 2. The molecule has 0 bridgehead atoms. The number of nitrogens with one attached hydrogen (secondary N) is 2. The van der Waals surface area contributed by atoms with Crippen LogP contribution in [0.4, 0.5) is 0 Å². The van der Waals surface area contributed by atoms with Crippen molar-refractivity contribution >= 4 is 39.2 Å². The quantitative estimate of drug-likeness (QED) is 0.224. The number of hydrogen-bond donors (Lipinski definition) is 2. The van der Waals surface area contributed by atoms with Gasteiger partial charge in [-0.15, -0.1) is 0 Å². The second-order valence-electron chi connectivity index (χ2n) is 11.4. The van der Waals surface area contributed by atoms with Crippen molar-refractivity contribution in [1.29, 1.82) is 0 Å². The SMILES string of the molecule is CS(=O)(=O)NCc1ccc(C(=O)OC(Cc2c(Cl)c[nH+]cc2Cl)c2ccc(O)c(OCC3CC3)c2)cc1OCCN1CCOCC1. The number of rotatable bonds is 15.